The molecule has 1 N–H and O–H groups in total. The van der Waals surface area contributed by atoms with Crippen LogP contribution in [0, 0.1) is 0 Å². The maximum Gasteiger partial charge on any atom is 0.294 e. The molecule has 8 heteroatoms. The number of nitrogens with one attached hydrogen (secondary N) is 1. The monoisotopic (exact) mass is 449 g/mol. The summed E-state index contributed by atoms with van der Waals surface area (Å²) in [6.45, 7) is 3.21. The molecule has 4 rings (SSSR count). The Kier molecular flexibility index (Phi) is 7.36. The second-order valence-electron chi connectivity index (χ2n) is 8.42. The first-order chi connectivity index (χ1) is 16.0. The number of nitrogens with zero attached hydrogens (tertiary/aromatic N) is 4. The number of hydrogen-bond acceptors (Lipinski definition) is 6. The smallest absolute Gasteiger partial charge is 0.294 e. The number of rotatable bonds is 8. The Bertz CT molecular complexity index is 1140. The molecule has 0 saturated carbocycles. The van der Waals surface area contributed by atoms with Gasteiger partial charge in [-0.25, -0.2) is 4.98 Å². The lowest BCUT2D eigenvalue weighted by molar-refractivity contribution is -0.121. The van der Waals surface area contributed by atoms with Crippen LogP contribution in [0.1, 0.15) is 18.0 Å². The predicted molar refractivity (Wildman–Crippen MR) is 130 cm³/mol. The summed E-state index contributed by atoms with van der Waals surface area (Å²) >= 11 is 0. The number of hydrogen-bond donors (Lipinski definition) is 1. The Hall–Kier alpha value is -3.23. The number of amides is 1. The van der Waals surface area contributed by atoms with Crippen molar-refractivity contribution in [3.8, 4) is 0 Å². The molecule has 1 aromatic heterocycles. The number of likely N-dealkylation sites (N-methyl/N-ethyl adjacent to an activating group) is 1. The Labute approximate surface area is 193 Å². The molecular weight excluding hydrogens is 418 g/mol. The summed E-state index contributed by atoms with van der Waals surface area (Å²) in [5.74, 6) is 0.340. The first kappa shape index (κ1) is 22.9. The van der Waals surface area contributed by atoms with Gasteiger partial charge in [0.25, 0.3) is 5.56 Å². The average molecular weight is 450 g/mol. The van der Waals surface area contributed by atoms with Gasteiger partial charge >= 0.3 is 0 Å². The minimum absolute atomic E-state index is 0.0764. The van der Waals surface area contributed by atoms with E-state index in [1.165, 1.54) is 0 Å². The minimum atomic E-state index is -0.168. The topological polar surface area (TPSA) is 79.7 Å². The average Bonchev–Trinajstić information content (AvgIpc) is 2.84. The van der Waals surface area contributed by atoms with Crippen molar-refractivity contribution in [1.29, 1.82) is 0 Å². The number of carbonyl (C=O) groups excluding carboxylic acids is 1. The molecule has 3 aromatic rings. The van der Waals surface area contributed by atoms with Crippen molar-refractivity contribution in [3.05, 3.63) is 70.5 Å². The van der Waals surface area contributed by atoms with Crippen LogP contribution in [0.5, 0.6) is 0 Å². The summed E-state index contributed by atoms with van der Waals surface area (Å²) in [6, 6.07) is 17.8. The van der Waals surface area contributed by atoms with Crippen molar-refractivity contribution in [2.24, 2.45) is 0 Å². The molecule has 0 radical (unpaired) electrons. The van der Waals surface area contributed by atoms with E-state index in [1.807, 2.05) is 61.5 Å². The molecule has 1 fully saturated rings. The standard InChI is InChI=1S/C25H31N5O3/c1-28(2)22(19-8-4-3-5-9-19)18-26-23(31)12-13-30-21-11-7-6-10-20(21)27-24(25(30)32)29-14-16-33-17-15-29/h3-11,22H,12-18H2,1-2H3,(H,26,31). The van der Waals surface area contributed by atoms with E-state index >= 15 is 0 Å². The number of para-hydroxylation sites is 2. The Morgan fingerprint density at radius 1 is 1.09 bits per heavy atom. The maximum absolute atomic E-state index is 13.3. The van der Waals surface area contributed by atoms with Gasteiger partial charge in [0.1, 0.15) is 0 Å². The van der Waals surface area contributed by atoms with Crippen molar-refractivity contribution in [1.82, 2.24) is 19.8 Å². The first-order valence-corrected chi connectivity index (χ1v) is 11.3. The van der Waals surface area contributed by atoms with Gasteiger partial charge in [0.15, 0.2) is 5.82 Å². The predicted octanol–water partition coefficient (Wildman–Crippen LogP) is 2.04. The summed E-state index contributed by atoms with van der Waals surface area (Å²) in [6.07, 6.45) is 0.214. The molecule has 0 spiro atoms. The lowest BCUT2D eigenvalue weighted by Crippen LogP contribution is -2.41. The molecular formula is C25H31N5O3. The van der Waals surface area contributed by atoms with E-state index < -0.39 is 0 Å². The first-order valence-electron chi connectivity index (χ1n) is 11.3. The SMILES string of the molecule is CN(C)C(CNC(=O)CCn1c(=O)c(N2CCOCC2)nc2ccccc21)c1ccccc1. The molecule has 0 aliphatic carbocycles. The normalized spacial score (nSPS) is 15.1. The molecule has 1 aliphatic rings. The van der Waals surface area contributed by atoms with E-state index in [0.717, 1.165) is 16.6 Å². The number of aryl methyl sites for hydroxylation is 1. The summed E-state index contributed by atoms with van der Waals surface area (Å²) < 4.78 is 7.09. The number of anilines is 1. The lowest BCUT2D eigenvalue weighted by atomic mass is 10.1. The van der Waals surface area contributed by atoms with E-state index in [0.29, 0.717) is 45.2 Å². The van der Waals surface area contributed by atoms with Gasteiger partial charge in [-0.2, -0.15) is 0 Å². The van der Waals surface area contributed by atoms with Crippen molar-refractivity contribution in [2.45, 2.75) is 19.0 Å². The maximum atomic E-state index is 13.3. The van der Waals surface area contributed by atoms with E-state index in [9.17, 15) is 9.59 Å². The van der Waals surface area contributed by atoms with Crippen LogP contribution in [0.3, 0.4) is 0 Å². The number of benzene rings is 2. The fourth-order valence-electron chi connectivity index (χ4n) is 4.17. The van der Waals surface area contributed by atoms with Crippen molar-refractivity contribution >= 4 is 22.8 Å². The van der Waals surface area contributed by atoms with Gasteiger partial charge in [0.05, 0.1) is 30.3 Å². The number of aromatic nitrogens is 2. The summed E-state index contributed by atoms with van der Waals surface area (Å²) in [7, 11) is 4.00. The van der Waals surface area contributed by atoms with Crippen molar-refractivity contribution in [3.63, 3.8) is 0 Å². The Morgan fingerprint density at radius 3 is 2.52 bits per heavy atom. The molecule has 33 heavy (non-hydrogen) atoms. The van der Waals surface area contributed by atoms with Crippen LogP contribution in [0.2, 0.25) is 0 Å². The third kappa shape index (κ3) is 5.40. The summed E-state index contributed by atoms with van der Waals surface area (Å²) in [4.78, 5) is 34.7. The van der Waals surface area contributed by atoms with E-state index in [-0.39, 0.29) is 23.9 Å². The Balaban J connectivity index is 1.48. The minimum Gasteiger partial charge on any atom is -0.378 e. The highest BCUT2D eigenvalue weighted by molar-refractivity contribution is 5.78. The molecule has 174 valence electrons. The van der Waals surface area contributed by atoms with Crippen LogP contribution in [-0.4, -0.2) is 67.3 Å². The van der Waals surface area contributed by atoms with Crippen LogP contribution < -0.4 is 15.8 Å². The number of ether oxygens (including phenoxy) is 1. The second-order valence-corrected chi connectivity index (χ2v) is 8.42. The molecule has 1 amide bonds. The molecule has 1 aliphatic heterocycles. The molecule has 1 saturated heterocycles. The van der Waals surface area contributed by atoms with Gasteiger partial charge in [0, 0.05) is 32.6 Å². The number of morpholine rings is 1. The fourth-order valence-corrected chi connectivity index (χ4v) is 4.17. The molecule has 0 bridgehead atoms. The van der Waals surface area contributed by atoms with Crippen molar-refractivity contribution in [2.75, 3.05) is 51.8 Å². The van der Waals surface area contributed by atoms with E-state index in [1.54, 1.807) is 4.57 Å². The summed E-state index contributed by atoms with van der Waals surface area (Å²) in [5.41, 5.74) is 2.46. The molecule has 2 heterocycles. The molecule has 8 nitrogen and oxygen atoms in total. The van der Waals surface area contributed by atoms with E-state index in [4.69, 9.17) is 4.74 Å². The Morgan fingerprint density at radius 2 is 1.79 bits per heavy atom. The highest BCUT2D eigenvalue weighted by Gasteiger charge is 2.20. The molecule has 1 atom stereocenters. The van der Waals surface area contributed by atoms with Gasteiger partial charge in [-0.3, -0.25) is 9.59 Å². The zero-order chi connectivity index (χ0) is 23.2. The van der Waals surface area contributed by atoms with Crippen LogP contribution in [0.15, 0.2) is 59.4 Å². The quantitative estimate of drug-likeness (QED) is 0.567. The lowest BCUT2D eigenvalue weighted by Gasteiger charge is -2.28. The number of carbonyl (C=O) groups is 1. The van der Waals surface area contributed by atoms with Gasteiger partial charge in [0.2, 0.25) is 5.91 Å². The third-order valence-corrected chi connectivity index (χ3v) is 6.01. The molecule has 2 aromatic carbocycles. The van der Waals surface area contributed by atoms with E-state index in [2.05, 4.69) is 27.3 Å². The molecule has 1 unspecified atom stereocenters. The largest absolute Gasteiger partial charge is 0.378 e. The second kappa shape index (κ2) is 10.6. The van der Waals surface area contributed by atoms with Crippen LogP contribution in [0.4, 0.5) is 5.82 Å². The third-order valence-electron chi connectivity index (χ3n) is 6.01. The van der Waals surface area contributed by atoms with Crippen molar-refractivity contribution < 1.29 is 9.53 Å². The van der Waals surface area contributed by atoms with Gasteiger partial charge in [-0.15, -0.1) is 0 Å². The van der Waals surface area contributed by atoms with Gasteiger partial charge < -0.3 is 24.4 Å². The highest BCUT2D eigenvalue weighted by atomic mass is 16.5. The van der Waals surface area contributed by atoms with Gasteiger partial charge in [-0.1, -0.05) is 42.5 Å². The van der Waals surface area contributed by atoms with Crippen LogP contribution >= 0.6 is 0 Å². The van der Waals surface area contributed by atoms with Gasteiger partial charge in [-0.05, 0) is 31.8 Å². The fraction of sp³-hybridized carbons (Fsp3) is 0.400. The zero-order valence-electron chi connectivity index (χ0n) is 19.2. The van der Waals surface area contributed by atoms with Crippen LogP contribution in [-0.2, 0) is 16.1 Å². The zero-order valence-corrected chi connectivity index (χ0v) is 19.2. The highest BCUT2D eigenvalue weighted by Crippen LogP contribution is 2.18. The summed E-state index contributed by atoms with van der Waals surface area (Å²) in [5, 5.41) is 3.04. The van der Waals surface area contributed by atoms with Crippen LogP contribution in [0.25, 0.3) is 11.0 Å². The number of fused-ring (bicyclic) bond motifs is 1.